The van der Waals surface area contributed by atoms with E-state index in [9.17, 15) is 0 Å². The van der Waals surface area contributed by atoms with Crippen LogP contribution in [0.5, 0.6) is 0 Å². The molecule has 2 N–H and O–H groups in total. The number of aromatic nitrogens is 1. The Morgan fingerprint density at radius 1 is 0.947 bits per heavy atom. The zero-order valence-electron chi connectivity index (χ0n) is 11.4. The van der Waals surface area contributed by atoms with Gasteiger partial charge in [-0.3, -0.25) is 0 Å². The Bertz CT molecular complexity index is 718. The Morgan fingerprint density at radius 3 is 2.37 bits per heavy atom. The van der Waals surface area contributed by atoms with Gasteiger partial charge in [-0.05, 0) is 42.7 Å². The molecule has 2 nitrogen and oxygen atoms in total. The lowest BCUT2D eigenvalue weighted by Gasteiger charge is -2.12. The van der Waals surface area contributed by atoms with Crippen molar-refractivity contribution in [2.75, 3.05) is 5.73 Å². The summed E-state index contributed by atoms with van der Waals surface area (Å²) in [5.41, 5.74) is 12.1. The molecule has 3 aromatic rings. The van der Waals surface area contributed by atoms with Crippen molar-refractivity contribution in [3.8, 4) is 0 Å². The molecule has 1 heterocycles. The Labute approximate surface area is 113 Å². The van der Waals surface area contributed by atoms with E-state index in [1.807, 2.05) is 12.1 Å². The topological polar surface area (TPSA) is 30.9 Å². The third-order valence-corrected chi connectivity index (χ3v) is 3.79. The monoisotopic (exact) mass is 250 g/mol. The van der Waals surface area contributed by atoms with E-state index >= 15 is 0 Å². The van der Waals surface area contributed by atoms with Crippen molar-refractivity contribution in [1.29, 1.82) is 0 Å². The summed E-state index contributed by atoms with van der Waals surface area (Å²) >= 11 is 0. The van der Waals surface area contributed by atoms with E-state index in [0.29, 0.717) is 0 Å². The molecular weight excluding hydrogens is 232 g/mol. The Morgan fingerprint density at radius 2 is 1.63 bits per heavy atom. The van der Waals surface area contributed by atoms with Crippen molar-refractivity contribution in [2.24, 2.45) is 0 Å². The number of nitrogens with two attached hydrogens (primary N) is 1. The SMILES string of the molecule is Cc1cccc(C)c1Cn1ccc2cccc(N)c21. The number of para-hydroxylation sites is 1. The summed E-state index contributed by atoms with van der Waals surface area (Å²) in [4.78, 5) is 0. The summed E-state index contributed by atoms with van der Waals surface area (Å²) in [5, 5.41) is 1.20. The van der Waals surface area contributed by atoms with Crippen LogP contribution in [-0.4, -0.2) is 4.57 Å². The molecule has 0 saturated carbocycles. The van der Waals surface area contributed by atoms with Crippen LogP contribution in [0.1, 0.15) is 16.7 Å². The van der Waals surface area contributed by atoms with Crippen LogP contribution < -0.4 is 5.73 Å². The second kappa shape index (κ2) is 4.47. The van der Waals surface area contributed by atoms with Crippen LogP contribution in [-0.2, 0) is 6.54 Å². The second-order valence-corrected chi connectivity index (χ2v) is 5.10. The molecule has 3 rings (SSSR count). The predicted molar refractivity (Wildman–Crippen MR) is 81.4 cm³/mol. The highest BCUT2D eigenvalue weighted by atomic mass is 15.0. The Kier molecular flexibility index (Phi) is 2.79. The molecule has 96 valence electrons. The highest BCUT2D eigenvalue weighted by Gasteiger charge is 2.07. The van der Waals surface area contributed by atoms with E-state index in [1.165, 1.54) is 22.1 Å². The Hall–Kier alpha value is -2.22. The zero-order chi connectivity index (χ0) is 13.4. The zero-order valence-corrected chi connectivity index (χ0v) is 11.4. The number of aryl methyl sites for hydroxylation is 2. The number of benzene rings is 2. The second-order valence-electron chi connectivity index (χ2n) is 5.10. The molecule has 0 unspecified atom stereocenters. The molecule has 0 atom stereocenters. The van der Waals surface area contributed by atoms with Crippen LogP contribution in [0.3, 0.4) is 0 Å². The quantitative estimate of drug-likeness (QED) is 0.687. The van der Waals surface area contributed by atoms with E-state index in [2.05, 4.69) is 54.9 Å². The summed E-state index contributed by atoms with van der Waals surface area (Å²) in [6, 6.07) is 14.6. The number of anilines is 1. The summed E-state index contributed by atoms with van der Waals surface area (Å²) in [5.74, 6) is 0. The van der Waals surface area contributed by atoms with Crippen LogP contribution in [0.4, 0.5) is 5.69 Å². The average Bonchev–Trinajstić information content (AvgIpc) is 2.79. The number of nitrogens with zero attached hydrogens (tertiary/aromatic N) is 1. The van der Waals surface area contributed by atoms with Gasteiger partial charge in [-0.1, -0.05) is 30.3 Å². The van der Waals surface area contributed by atoms with Gasteiger partial charge in [-0.15, -0.1) is 0 Å². The van der Waals surface area contributed by atoms with Crippen LogP contribution in [0.25, 0.3) is 10.9 Å². The number of rotatable bonds is 2. The van der Waals surface area contributed by atoms with Gasteiger partial charge in [0.1, 0.15) is 0 Å². The van der Waals surface area contributed by atoms with Crippen molar-refractivity contribution >= 4 is 16.6 Å². The highest BCUT2D eigenvalue weighted by Crippen LogP contribution is 2.24. The molecule has 0 spiro atoms. The van der Waals surface area contributed by atoms with Gasteiger partial charge >= 0.3 is 0 Å². The molecule has 2 aromatic carbocycles. The van der Waals surface area contributed by atoms with Crippen molar-refractivity contribution in [1.82, 2.24) is 4.57 Å². The first-order valence-corrected chi connectivity index (χ1v) is 6.55. The van der Waals surface area contributed by atoms with E-state index in [1.54, 1.807) is 0 Å². The lowest BCUT2D eigenvalue weighted by Crippen LogP contribution is -2.03. The van der Waals surface area contributed by atoms with Gasteiger partial charge in [-0.25, -0.2) is 0 Å². The van der Waals surface area contributed by atoms with Crippen LogP contribution >= 0.6 is 0 Å². The first-order chi connectivity index (χ1) is 9.16. The number of nitrogen functional groups attached to an aromatic ring is 1. The van der Waals surface area contributed by atoms with Crippen molar-refractivity contribution in [3.63, 3.8) is 0 Å². The number of hydrogen-bond acceptors (Lipinski definition) is 1. The fraction of sp³-hybridized carbons (Fsp3) is 0.176. The normalized spacial score (nSPS) is 11.1. The fourth-order valence-electron chi connectivity index (χ4n) is 2.69. The van der Waals surface area contributed by atoms with Gasteiger partial charge in [-0.2, -0.15) is 0 Å². The maximum atomic E-state index is 6.11. The summed E-state index contributed by atoms with van der Waals surface area (Å²) in [7, 11) is 0. The van der Waals surface area contributed by atoms with Crippen LogP contribution in [0.15, 0.2) is 48.7 Å². The van der Waals surface area contributed by atoms with Gasteiger partial charge in [0.25, 0.3) is 0 Å². The van der Waals surface area contributed by atoms with Gasteiger partial charge in [0.05, 0.1) is 11.2 Å². The maximum absolute atomic E-state index is 6.11. The third kappa shape index (κ3) is 1.99. The highest BCUT2D eigenvalue weighted by molar-refractivity contribution is 5.90. The van der Waals surface area contributed by atoms with Gasteiger partial charge in [0.15, 0.2) is 0 Å². The van der Waals surface area contributed by atoms with Crippen molar-refractivity contribution in [2.45, 2.75) is 20.4 Å². The van der Waals surface area contributed by atoms with E-state index < -0.39 is 0 Å². The smallest absolute Gasteiger partial charge is 0.0716 e. The van der Waals surface area contributed by atoms with Crippen LogP contribution in [0.2, 0.25) is 0 Å². The first-order valence-electron chi connectivity index (χ1n) is 6.55. The molecule has 0 fully saturated rings. The van der Waals surface area contributed by atoms with E-state index in [0.717, 1.165) is 17.7 Å². The maximum Gasteiger partial charge on any atom is 0.0716 e. The summed E-state index contributed by atoms with van der Waals surface area (Å²) in [6.07, 6.45) is 2.12. The molecule has 2 heteroatoms. The minimum atomic E-state index is 0.841. The summed E-state index contributed by atoms with van der Waals surface area (Å²) in [6.45, 7) is 5.20. The van der Waals surface area contributed by atoms with Crippen LogP contribution in [0, 0.1) is 13.8 Å². The molecule has 19 heavy (non-hydrogen) atoms. The molecule has 1 aromatic heterocycles. The third-order valence-electron chi connectivity index (χ3n) is 3.79. The molecule has 0 aliphatic rings. The molecule has 0 aliphatic carbocycles. The standard InChI is InChI=1S/C17H18N2/c1-12-5-3-6-13(2)15(12)11-19-10-9-14-7-4-8-16(18)17(14)19/h3-10H,11,18H2,1-2H3. The molecule has 0 amide bonds. The lowest BCUT2D eigenvalue weighted by atomic mass is 10.0. The van der Waals surface area contributed by atoms with Gasteiger partial charge in [0.2, 0.25) is 0 Å². The molecule has 0 bridgehead atoms. The largest absolute Gasteiger partial charge is 0.397 e. The average molecular weight is 250 g/mol. The Balaban J connectivity index is 2.12. The van der Waals surface area contributed by atoms with E-state index in [-0.39, 0.29) is 0 Å². The van der Waals surface area contributed by atoms with E-state index in [4.69, 9.17) is 5.73 Å². The molecule has 0 radical (unpaired) electrons. The minimum absolute atomic E-state index is 0.841. The number of fused-ring (bicyclic) bond motifs is 1. The predicted octanol–water partition coefficient (Wildman–Crippen LogP) is 3.89. The molecule has 0 aliphatic heterocycles. The molecule has 0 saturated heterocycles. The van der Waals surface area contributed by atoms with Crippen molar-refractivity contribution < 1.29 is 0 Å². The minimum Gasteiger partial charge on any atom is -0.397 e. The molecular formula is C17H18N2. The van der Waals surface area contributed by atoms with Crippen molar-refractivity contribution in [3.05, 3.63) is 65.4 Å². The van der Waals surface area contributed by atoms with Gasteiger partial charge in [0, 0.05) is 18.1 Å². The van der Waals surface area contributed by atoms with Gasteiger partial charge < -0.3 is 10.3 Å². The first kappa shape index (κ1) is 11.8. The summed E-state index contributed by atoms with van der Waals surface area (Å²) < 4.78 is 2.24. The lowest BCUT2D eigenvalue weighted by molar-refractivity contribution is 0.824. The number of hydrogen-bond donors (Lipinski definition) is 1. The fourth-order valence-corrected chi connectivity index (χ4v) is 2.69.